The lowest BCUT2D eigenvalue weighted by Crippen LogP contribution is -2.39. The Morgan fingerprint density at radius 2 is 2.37 bits per heavy atom. The highest BCUT2D eigenvalue weighted by Gasteiger charge is 2.33. The fraction of sp³-hybridized carbons (Fsp3) is 0.462. The van der Waals surface area contributed by atoms with Crippen molar-refractivity contribution in [1.29, 1.82) is 0 Å². The minimum atomic E-state index is -0.851. The highest BCUT2D eigenvalue weighted by atomic mass is 16.5. The van der Waals surface area contributed by atoms with Gasteiger partial charge in [-0.25, -0.2) is 0 Å². The molecule has 2 rings (SSSR count). The lowest BCUT2D eigenvalue weighted by atomic mass is 10.1. The smallest absolute Gasteiger partial charge is 0.308 e. The van der Waals surface area contributed by atoms with Crippen molar-refractivity contribution in [2.24, 2.45) is 5.92 Å². The number of carbonyl (C=O) groups excluding carboxylic acids is 1. The van der Waals surface area contributed by atoms with E-state index in [1.807, 2.05) is 0 Å². The predicted octanol–water partition coefficient (Wildman–Crippen LogP) is 0.782. The number of hydrogen-bond acceptors (Lipinski definition) is 4. The summed E-state index contributed by atoms with van der Waals surface area (Å²) in [6.07, 6.45) is 3.02. The second-order valence-electron chi connectivity index (χ2n) is 4.56. The number of likely N-dealkylation sites (tertiary alicyclic amines) is 1. The molecule has 2 atom stereocenters. The second-order valence-corrected chi connectivity index (χ2v) is 4.56. The van der Waals surface area contributed by atoms with Gasteiger partial charge in [0.15, 0.2) is 6.10 Å². The molecule has 1 aromatic heterocycles. The van der Waals surface area contributed by atoms with E-state index in [1.54, 1.807) is 30.2 Å². The third-order valence-electron chi connectivity index (χ3n) is 3.14. The van der Waals surface area contributed by atoms with Gasteiger partial charge in [0.25, 0.3) is 5.91 Å². The maximum Gasteiger partial charge on any atom is 0.308 e. The van der Waals surface area contributed by atoms with Crippen molar-refractivity contribution in [2.45, 2.75) is 19.4 Å². The number of aromatic nitrogens is 1. The summed E-state index contributed by atoms with van der Waals surface area (Å²) < 4.78 is 5.48. The van der Waals surface area contributed by atoms with E-state index in [0.717, 1.165) is 0 Å². The monoisotopic (exact) mass is 264 g/mol. The maximum atomic E-state index is 12.1. The van der Waals surface area contributed by atoms with Crippen molar-refractivity contribution in [2.75, 3.05) is 13.1 Å². The summed E-state index contributed by atoms with van der Waals surface area (Å²) in [5, 5.41) is 8.91. The number of nitrogens with zero attached hydrogens (tertiary/aromatic N) is 2. The van der Waals surface area contributed by atoms with E-state index in [1.165, 1.54) is 6.20 Å². The summed E-state index contributed by atoms with van der Waals surface area (Å²) in [5.41, 5.74) is 0. The van der Waals surface area contributed by atoms with Crippen LogP contribution in [-0.4, -0.2) is 46.1 Å². The molecule has 1 N–H and O–H groups in total. The minimum Gasteiger partial charge on any atom is -0.481 e. The number of hydrogen-bond donors (Lipinski definition) is 1. The number of ether oxygens (including phenoxy) is 1. The molecule has 0 aliphatic carbocycles. The van der Waals surface area contributed by atoms with Crippen LogP contribution in [0.1, 0.15) is 13.3 Å². The van der Waals surface area contributed by atoms with Crippen molar-refractivity contribution < 1.29 is 19.4 Å². The quantitative estimate of drug-likeness (QED) is 0.869. The Hall–Kier alpha value is -2.11. The first kappa shape index (κ1) is 13.3. The van der Waals surface area contributed by atoms with E-state index < -0.39 is 18.0 Å². The zero-order valence-corrected chi connectivity index (χ0v) is 10.7. The normalized spacial score (nSPS) is 20.1. The van der Waals surface area contributed by atoms with Crippen LogP contribution < -0.4 is 4.74 Å². The number of aliphatic carboxylic acids is 1. The molecule has 0 aromatic carbocycles. The predicted molar refractivity (Wildman–Crippen MR) is 66.6 cm³/mol. The van der Waals surface area contributed by atoms with Crippen LogP contribution in [0.4, 0.5) is 0 Å². The number of carboxylic acids is 1. The van der Waals surface area contributed by atoms with Crippen LogP contribution in [0.3, 0.4) is 0 Å². The van der Waals surface area contributed by atoms with Crippen molar-refractivity contribution in [3.63, 3.8) is 0 Å². The number of carboxylic acid groups (broad SMARTS) is 1. The standard InChI is InChI=1S/C13H16N2O4/c1-9(19-11-3-2-5-14-7-11)12(16)15-6-4-10(8-15)13(17)18/h2-3,5,7,9-10H,4,6,8H2,1H3,(H,17,18)/t9-,10+/m0/s1. The zero-order chi connectivity index (χ0) is 13.8. The molecule has 1 fully saturated rings. The van der Waals surface area contributed by atoms with Crippen LogP contribution in [0.25, 0.3) is 0 Å². The first-order valence-corrected chi connectivity index (χ1v) is 6.16. The number of rotatable bonds is 4. The summed E-state index contributed by atoms with van der Waals surface area (Å²) in [7, 11) is 0. The van der Waals surface area contributed by atoms with Gasteiger partial charge in [0.05, 0.1) is 12.1 Å². The number of pyridine rings is 1. The summed E-state index contributed by atoms with van der Waals surface area (Å²) in [6.45, 7) is 2.38. The highest BCUT2D eigenvalue weighted by molar-refractivity contribution is 5.82. The Morgan fingerprint density at radius 3 is 2.95 bits per heavy atom. The molecule has 1 amide bonds. The molecule has 1 aliphatic heterocycles. The minimum absolute atomic E-state index is 0.187. The molecule has 0 unspecified atom stereocenters. The Kier molecular flexibility index (Phi) is 3.99. The van der Waals surface area contributed by atoms with Crippen molar-refractivity contribution in [1.82, 2.24) is 9.88 Å². The van der Waals surface area contributed by atoms with Gasteiger partial charge < -0.3 is 14.7 Å². The van der Waals surface area contributed by atoms with E-state index in [0.29, 0.717) is 18.7 Å². The van der Waals surface area contributed by atoms with E-state index in [9.17, 15) is 9.59 Å². The molecule has 0 radical (unpaired) electrons. The van der Waals surface area contributed by atoms with Gasteiger partial charge in [0.1, 0.15) is 5.75 Å². The molecule has 1 saturated heterocycles. The van der Waals surface area contributed by atoms with E-state index in [-0.39, 0.29) is 12.5 Å². The Balaban J connectivity index is 1.91. The summed E-state index contributed by atoms with van der Waals surface area (Å²) in [5.74, 6) is -0.976. The molecular weight excluding hydrogens is 248 g/mol. The summed E-state index contributed by atoms with van der Waals surface area (Å²) >= 11 is 0. The van der Waals surface area contributed by atoms with E-state index in [4.69, 9.17) is 9.84 Å². The maximum absolute atomic E-state index is 12.1. The summed E-state index contributed by atoms with van der Waals surface area (Å²) in [6, 6.07) is 3.45. The highest BCUT2D eigenvalue weighted by Crippen LogP contribution is 2.18. The average Bonchev–Trinajstić information content (AvgIpc) is 2.88. The fourth-order valence-corrected chi connectivity index (χ4v) is 2.09. The van der Waals surface area contributed by atoms with Crippen LogP contribution in [0, 0.1) is 5.92 Å². The van der Waals surface area contributed by atoms with Gasteiger partial charge in [0, 0.05) is 19.3 Å². The molecule has 6 heteroatoms. The van der Waals surface area contributed by atoms with Crippen molar-refractivity contribution in [3.8, 4) is 5.75 Å². The van der Waals surface area contributed by atoms with Gasteiger partial charge >= 0.3 is 5.97 Å². The largest absolute Gasteiger partial charge is 0.481 e. The second kappa shape index (κ2) is 5.69. The van der Waals surface area contributed by atoms with Gasteiger partial charge in [-0.1, -0.05) is 0 Å². The van der Waals surface area contributed by atoms with Crippen LogP contribution in [0.2, 0.25) is 0 Å². The summed E-state index contributed by atoms with van der Waals surface area (Å²) in [4.78, 5) is 28.4. The van der Waals surface area contributed by atoms with Crippen LogP contribution in [-0.2, 0) is 9.59 Å². The number of amides is 1. The zero-order valence-electron chi connectivity index (χ0n) is 10.7. The van der Waals surface area contributed by atoms with Gasteiger partial charge in [-0.2, -0.15) is 0 Å². The molecule has 19 heavy (non-hydrogen) atoms. The molecule has 0 bridgehead atoms. The third kappa shape index (κ3) is 3.21. The first-order valence-electron chi connectivity index (χ1n) is 6.16. The Labute approximate surface area is 111 Å². The first-order chi connectivity index (χ1) is 9.08. The molecule has 0 saturated carbocycles. The van der Waals surface area contributed by atoms with Crippen LogP contribution in [0.15, 0.2) is 24.5 Å². The Morgan fingerprint density at radius 1 is 1.58 bits per heavy atom. The van der Waals surface area contributed by atoms with Gasteiger partial charge in [-0.3, -0.25) is 14.6 Å². The van der Waals surface area contributed by atoms with Gasteiger partial charge in [0.2, 0.25) is 0 Å². The molecule has 2 heterocycles. The SMILES string of the molecule is C[C@H](Oc1cccnc1)C(=O)N1CC[C@@H](C(=O)O)C1. The van der Waals surface area contributed by atoms with E-state index in [2.05, 4.69) is 4.98 Å². The number of carbonyl (C=O) groups is 2. The molecule has 0 spiro atoms. The topological polar surface area (TPSA) is 79.7 Å². The van der Waals surface area contributed by atoms with Crippen molar-refractivity contribution in [3.05, 3.63) is 24.5 Å². The molecule has 1 aliphatic rings. The molecule has 6 nitrogen and oxygen atoms in total. The average molecular weight is 264 g/mol. The lowest BCUT2D eigenvalue weighted by Gasteiger charge is -2.21. The lowest BCUT2D eigenvalue weighted by molar-refractivity contribution is -0.142. The molecular formula is C13H16N2O4. The molecule has 1 aromatic rings. The van der Waals surface area contributed by atoms with Crippen molar-refractivity contribution >= 4 is 11.9 Å². The van der Waals surface area contributed by atoms with Gasteiger partial charge in [-0.15, -0.1) is 0 Å². The van der Waals surface area contributed by atoms with Crippen LogP contribution in [0.5, 0.6) is 5.75 Å². The third-order valence-corrected chi connectivity index (χ3v) is 3.14. The molecule has 102 valence electrons. The Bertz CT molecular complexity index is 463. The van der Waals surface area contributed by atoms with Gasteiger partial charge in [-0.05, 0) is 25.5 Å². The van der Waals surface area contributed by atoms with E-state index >= 15 is 0 Å². The fourth-order valence-electron chi connectivity index (χ4n) is 2.09. The van der Waals surface area contributed by atoms with Crippen LogP contribution >= 0.6 is 0 Å².